The van der Waals surface area contributed by atoms with Crippen molar-refractivity contribution in [3.8, 4) is 0 Å². The molecule has 0 unspecified atom stereocenters. The Bertz CT molecular complexity index is 233. The molecule has 0 aromatic heterocycles. The summed E-state index contributed by atoms with van der Waals surface area (Å²) in [5.74, 6) is 1.54. The topological polar surface area (TPSA) is 35.6 Å². The normalized spacial score (nSPS) is 17.9. The summed E-state index contributed by atoms with van der Waals surface area (Å²) in [6, 6.07) is 0.106. The van der Waals surface area contributed by atoms with Crippen LogP contribution in [0.4, 0.5) is 4.79 Å². The second-order valence-corrected chi connectivity index (χ2v) is 5.60. The largest absolute Gasteiger partial charge is 0.337 e. The van der Waals surface area contributed by atoms with Gasteiger partial charge in [-0.3, -0.25) is 0 Å². The van der Waals surface area contributed by atoms with Crippen LogP contribution in [0, 0.1) is 11.8 Å². The van der Waals surface area contributed by atoms with E-state index in [1.807, 2.05) is 19.0 Å². The van der Waals surface area contributed by atoms with Gasteiger partial charge in [0.25, 0.3) is 0 Å². The Morgan fingerprint density at radius 2 is 1.94 bits per heavy atom. The van der Waals surface area contributed by atoms with E-state index >= 15 is 0 Å². The average Bonchev–Trinajstić information content (AvgIpc) is 2.28. The maximum Gasteiger partial charge on any atom is 0.317 e. The van der Waals surface area contributed by atoms with Crippen LogP contribution in [-0.4, -0.2) is 56.1 Å². The Labute approximate surface area is 105 Å². The Balaban J connectivity index is 2.21. The molecule has 100 valence electrons. The van der Waals surface area contributed by atoms with E-state index in [4.69, 9.17) is 0 Å². The van der Waals surface area contributed by atoms with Gasteiger partial charge in [0.1, 0.15) is 0 Å². The number of likely N-dealkylation sites (N-methyl/N-ethyl adjacent to an activating group) is 1. The van der Waals surface area contributed by atoms with E-state index < -0.39 is 0 Å². The Hall–Kier alpha value is -0.770. The minimum Gasteiger partial charge on any atom is -0.337 e. The molecule has 1 fully saturated rings. The monoisotopic (exact) mass is 241 g/mol. The highest BCUT2D eigenvalue weighted by atomic mass is 16.2. The third kappa shape index (κ3) is 4.94. The van der Waals surface area contributed by atoms with Crippen LogP contribution in [0.1, 0.15) is 26.7 Å². The summed E-state index contributed by atoms with van der Waals surface area (Å²) < 4.78 is 0. The third-order valence-corrected chi connectivity index (χ3v) is 3.60. The predicted octanol–water partition coefficient (Wildman–Crippen LogP) is 1.63. The molecule has 0 spiro atoms. The third-order valence-electron chi connectivity index (χ3n) is 3.60. The van der Waals surface area contributed by atoms with Crippen molar-refractivity contribution in [2.75, 3.05) is 40.3 Å². The van der Waals surface area contributed by atoms with Crippen molar-refractivity contribution in [1.82, 2.24) is 15.1 Å². The molecule has 0 atom stereocenters. The van der Waals surface area contributed by atoms with Gasteiger partial charge in [0, 0.05) is 26.2 Å². The molecule has 1 N–H and O–H groups in total. The second kappa shape index (κ2) is 6.84. The number of carbonyl (C=O) groups excluding carboxylic acids is 1. The number of likely N-dealkylation sites (tertiary alicyclic amines) is 1. The van der Waals surface area contributed by atoms with Gasteiger partial charge in [-0.15, -0.1) is 0 Å². The number of hydrogen-bond acceptors (Lipinski definition) is 2. The van der Waals surface area contributed by atoms with Crippen molar-refractivity contribution >= 4 is 6.03 Å². The molecule has 1 saturated heterocycles. The molecule has 0 radical (unpaired) electrons. The molecule has 2 amide bonds. The first-order chi connectivity index (χ1) is 8.00. The second-order valence-electron chi connectivity index (χ2n) is 5.60. The zero-order valence-corrected chi connectivity index (χ0v) is 11.7. The van der Waals surface area contributed by atoms with Gasteiger partial charge in [0.05, 0.1) is 0 Å². The van der Waals surface area contributed by atoms with Crippen molar-refractivity contribution in [1.29, 1.82) is 0 Å². The van der Waals surface area contributed by atoms with E-state index in [9.17, 15) is 4.79 Å². The number of hydrogen-bond donors (Lipinski definition) is 1. The Morgan fingerprint density at radius 3 is 2.41 bits per heavy atom. The fourth-order valence-corrected chi connectivity index (χ4v) is 2.27. The molecule has 17 heavy (non-hydrogen) atoms. The van der Waals surface area contributed by atoms with Gasteiger partial charge < -0.3 is 15.1 Å². The maximum absolute atomic E-state index is 11.9. The molecule has 0 aliphatic carbocycles. The number of amides is 2. The van der Waals surface area contributed by atoms with Crippen LogP contribution >= 0.6 is 0 Å². The molecule has 4 heteroatoms. The van der Waals surface area contributed by atoms with Crippen LogP contribution in [-0.2, 0) is 0 Å². The summed E-state index contributed by atoms with van der Waals surface area (Å²) in [5.41, 5.74) is 0. The predicted molar refractivity (Wildman–Crippen MR) is 71.1 cm³/mol. The number of urea groups is 1. The zero-order valence-electron chi connectivity index (χ0n) is 11.7. The lowest BCUT2D eigenvalue weighted by molar-refractivity contribution is 0.156. The maximum atomic E-state index is 11.9. The number of carbonyl (C=O) groups is 1. The van der Waals surface area contributed by atoms with Crippen LogP contribution in [0.3, 0.4) is 0 Å². The van der Waals surface area contributed by atoms with Gasteiger partial charge in [-0.25, -0.2) is 4.79 Å². The van der Waals surface area contributed by atoms with Gasteiger partial charge in [-0.05, 0) is 38.8 Å². The molecule has 1 aliphatic heterocycles. The highest BCUT2D eigenvalue weighted by Gasteiger charge is 2.24. The van der Waals surface area contributed by atoms with Gasteiger partial charge in [0.15, 0.2) is 0 Å². The highest BCUT2D eigenvalue weighted by molar-refractivity contribution is 5.74. The van der Waals surface area contributed by atoms with Gasteiger partial charge >= 0.3 is 6.03 Å². The summed E-state index contributed by atoms with van der Waals surface area (Å²) in [7, 11) is 4.03. The summed E-state index contributed by atoms with van der Waals surface area (Å²) in [6.07, 6.45) is 2.30. The van der Waals surface area contributed by atoms with Crippen LogP contribution in [0.15, 0.2) is 0 Å². The van der Waals surface area contributed by atoms with Gasteiger partial charge in [0.2, 0.25) is 0 Å². The summed E-state index contributed by atoms with van der Waals surface area (Å²) >= 11 is 0. The molecule has 0 aromatic carbocycles. The molecule has 0 saturated carbocycles. The minimum absolute atomic E-state index is 0.106. The number of piperidine rings is 1. The quantitative estimate of drug-likeness (QED) is 0.812. The van der Waals surface area contributed by atoms with Crippen LogP contribution < -0.4 is 5.32 Å². The smallest absolute Gasteiger partial charge is 0.317 e. The van der Waals surface area contributed by atoms with E-state index in [0.717, 1.165) is 50.9 Å². The van der Waals surface area contributed by atoms with Gasteiger partial charge in [-0.2, -0.15) is 0 Å². The van der Waals surface area contributed by atoms with E-state index in [2.05, 4.69) is 24.1 Å². The molecular formula is C13H27N3O. The van der Waals surface area contributed by atoms with Crippen LogP contribution in [0.5, 0.6) is 0 Å². The highest BCUT2D eigenvalue weighted by Crippen LogP contribution is 2.24. The van der Waals surface area contributed by atoms with E-state index in [0.29, 0.717) is 0 Å². The Kier molecular flexibility index (Phi) is 5.75. The average molecular weight is 241 g/mol. The van der Waals surface area contributed by atoms with Crippen molar-refractivity contribution in [3.63, 3.8) is 0 Å². The van der Waals surface area contributed by atoms with Gasteiger partial charge in [-0.1, -0.05) is 13.8 Å². The summed E-state index contributed by atoms with van der Waals surface area (Å²) in [4.78, 5) is 15.9. The first-order valence-corrected chi connectivity index (χ1v) is 6.68. The lowest BCUT2D eigenvalue weighted by Crippen LogP contribution is -2.46. The van der Waals surface area contributed by atoms with Crippen molar-refractivity contribution in [3.05, 3.63) is 0 Å². The summed E-state index contributed by atoms with van der Waals surface area (Å²) in [5, 5.41) is 2.97. The molecule has 1 rings (SSSR count). The van der Waals surface area contributed by atoms with Crippen molar-refractivity contribution in [2.45, 2.75) is 26.7 Å². The SMILES string of the molecule is CC(C)C1CCN(C(=O)NCCN(C)C)CC1. The number of rotatable bonds is 4. The van der Waals surface area contributed by atoms with E-state index in [-0.39, 0.29) is 6.03 Å². The van der Waals surface area contributed by atoms with Crippen LogP contribution in [0.25, 0.3) is 0 Å². The zero-order chi connectivity index (χ0) is 12.8. The fraction of sp³-hybridized carbons (Fsp3) is 0.923. The van der Waals surface area contributed by atoms with E-state index in [1.165, 1.54) is 0 Å². The molecule has 1 heterocycles. The molecule has 0 aromatic rings. The number of nitrogens with zero attached hydrogens (tertiary/aromatic N) is 2. The van der Waals surface area contributed by atoms with Crippen molar-refractivity contribution < 1.29 is 4.79 Å². The van der Waals surface area contributed by atoms with Crippen LogP contribution in [0.2, 0.25) is 0 Å². The lowest BCUT2D eigenvalue weighted by atomic mass is 9.87. The standard InChI is InChI=1S/C13H27N3O/c1-11(2)12-5-8-16(9-6-12)13(17)14-7-10-15(3)4/h11-12H,5-10H2,1-4H3,(H,14,17). The summed E-state index contributed by atoms with van der Waals surface area (Å²) in [6.45, 7) is 8.01. The first-order valence-electron chi connectivity index (χ1n) is 6.68. The molecule has 0 bridgehead atoms. The van der Waals surface area contributed by atoms with E-state index in [1.54, 1.807) is 0 Å². The van der Waals surface area contributed by atoms with Crippen molar-refractivity contribution in [2.24, 2.45) is 11.8 Å². The first kappa shape index (κ1) is 14.3. The fourth-order valence-electron chi connectivity index (χ4n) is 2.27. The lowest BCUT2D eigenvalue weighted by Gasteiger charge is -2.33. The molecule has 1 aliphatic rings. The Morgan fingerprint density at radius 1 is 1.35 bits per heavy atom. The molecular weight excluding hydrogens is 214 g/mol. The molecule has 4 nitrogen and oxygen atoms in total. The number of nitrogens with one attached hydrogen (secondary N) is 1. The minimum atomic E-state index is 0.106.